The minimum Gasteiger partial charge on any atom is -0.484 e. The predicted molar refractivity (Wildman–Crippen MR) is 136 cm³/mol. The van der Waals surface area contributed by atoms with E-state index in [4.69, 9.17) is 4.74 Å². The van der Waals surface area contributed by atoms with Crippen LogP contribution in [0.15, 0.2) is 53.9 Å². The van der Waals surface area contributed by atoms with Gasteiger partial charge in [-0.1, -0.05) is 12.1 Å². The molecule has 2 aromatic carbocycles. The molecule has 1 aromatic heterocycles. The van der Waals surface area contributed by atoms with Crippen molar-refractivity contribution in [3.05, 3.63) is 75.5 Å². The van der Waals surface area contributed by atoms with Gasteiger partial charge in [-0.15, -0.1) is 11.3 Å². The van der Waals surface area contributed by atoms with Gasteiger partial charge in [0.25, 0.3) is 11.8 Å². The molecule has 1 aliphatic heterocycles. The first-order valence-electron chi connectivity index (χ1n) is 11.8. The molecule has 1 aliphatic carbocycles. The van der Waals surface area contributed by atoms with Gasteiger partial charge in [0.2, 0.25) is 5.91 Å². The van der Waals surface area contributed by atoms with E-state index in [-0.39, 0.29) is 30.2 Å². The third-order valence-electron chi connectivity index (χ3n) is 6.35. The Morgan fingerprint density at radius 2 is 1.91 bits per heavy atom. The number of carbonyl (C=O) groups excluding carboxylic acids is 3. The smallest absolute Gasteiger partial charge is 0.262 e. The van der Waals surface area contributed by atoms with Gasteiger partial charge >= 0.3 is 0 Å². The summed E-state index contributed by atoms with van der Waals surface area (Å²) in [5.74, 6) is 0.263. The molecule has 35 heavy (non-hydrogen) atoms. The molecule has 2 N–H and O–H groups in total. The van der Waals surface area contributed by atoms with E-state index in [1.54, 1.807) is 53.8 Å². The van der Waals surface area contributed by atoms with E-state index in [0.717, 1.165) is 24.8 Å². The third kappa shape index (κ3) is 5.38. The number of anilines is 2. The van der Waals surface area contributed by atoms with Crippen LogP contribution in [0.3, 0.4) is 0 Å². The number of amides is 3. The first kappa shape index (κ1) is 23.1. The van der Waals surface area contributed by atoms with Crippen molar-refractivity contribution in [2.45, 2.75) is 32.7 Å². The van der Waals surface area contributed by atoms with E-state index < -0.39 is 0 Å². The zero-order valence-corrected chi connectivity index (χ0v) is 20.3. The van der Waals surface area contributed by atoms with Crippen molar-refractivity contribution in [1.29, 1.82) is 0 Å². The molecule has 1 fully saturated rings. The Morgan fingerprint density at radius 1 is 1.09 bits per heavy atom. The Labute approximate surface area is 208 Å². The molecule has 2 heterocycles. The number of nitrogens with zero attached hydrogens (tertiary/aromatic N) is 1. The van der Waals surface area contributed by atoms with E-state index in [1.807, 2.05) is 11.8 Å². The van der Waals surface area contributed by atoms with Crippen LogP contribution < -0.4 is 15.4 Å². The van der Waals surface area contributed by atoms with Gasteiger partial charge in [-0.25, -0.2) is 0 Å². The highest BCUT2D eigenvalue weighted by atomic mass is 32.1. The van der Waals surface area contributed by atoms with Crippen LogP contribution in [0.2, 0.25) is 0 Å². The summed E-state index contributed by atoms with van der Waals surface area (Å²) < 4.78 is 5.64. The molecule has 0 spiro atoms. The summed E-state index contributed by atoms with van der Waals surface area (Å²) in [6.45, 7) is 2.96. The van der Waals surface area contributed by atoms with Crippen molar-refractivity contribution in [2.75, 3.05) is 23.8 Å². The molecule has 0 bridgehead atoms. The number of hydrogen-bond acceptors (Lipinski definition) is 5. The lowest BCUT2D eigenvalue weighted by Gasteiger charge is -2.28. The fourth-order valence-electron chi connectivity index (χ4n) is 4.18. The van der Waals surface area contributed by atoms with Gasteiger partial charge in [0.15, 0.2) is 6.61 Å². The molecule has 0 radical (unpaired) electrons. The number of thiophene rings is 1. The summed E-state index contributed by atoms with van der Waals surface area (Å²) in [6, 6.07) is 14.5. The van der Waals surface area contributed by atoms with Gasteiger partial charge in [0, 0.05) is 46.9 Å². The van der Waals surface area contributed by atoms with Crippen molar-refractivity contribution >= 4 is 40.4 Å². The van der Waals surface area contributed by atoms with E-state index in [9.17, 15) is 14.4 Å². The summed E-state index contributed by atoms with van der Waals surface area (Å²) in [7, 11) is 0. The number of hydrogen-bond donors (Lipinski definition) is 2. The molecule has 3 aromatic rings. The second-order valence-electron chi connectivity index (χ2n) is 8.95. The molecular formula is C27H27N3O4S. The van der Waals surface area contributed by atoms with Crippen LogP contribution in [0, 0.1) is 12.8 Å². The lowest BCUT2D eigenvalue weighted by molar-refractivity contribution is -0.118. The molecule has 2 aliphatic rings. The fourth-order valence-corrected chi connectivity index (χ4v) is 5.07. The number of carbonyl (C=O) groups is 3. The van der Waals surface area contributed by atoms with E-state index in [0.29, 0.717) is 35.8 Å². The van der Waals surface area contributed by atoms with E-state index in [1.165, 1.54) is 10.4 Å². The summed E-state index contributed by atoms with van der Waals surface area (Å²) in [6.07, 6.45) is 2.74. The Balaban J connectivity index is 1.19. The average Bonchev–Trinajstić information content (AvgIpc) is 3.61. The van der Waals surface area contributed by atoms with Crippen molar-refractivity contribution in [3.8, 4) is 5.75 Å². The minimum atomic E-state index is -0.328. The molecule has 3 amide bonds. The average molecular weight is 490 g/mol. The summed E-state index contributed by atoms with van der Waals surface area (Å²) in [4.78, 5) is 41.0. The summed E-state index contributed by atoms with van der Waals surface area (Å²) in [5, 5.41) is 7.80. The highest BCUT2D eigenvalue weighted by Crippen LogP contribution is 2.31. The molecule has 0 unspecified atom stereocenters. The molecule has 7 nitrogen and oxygen atoms in total. The Kier molecular flexibility index (Phi) is 6.55. The van der Waals surface area contributed by atoms with Crippen LogP contribution in [0.1, 0.15) is 39.2 Å². The first-order valence-corrected chi connectivity index (χ1v) is 12.6. The van der Waals surface area contributed by atoms with Crippen LogP contribution in [0.25, 0.3) is 0 Å². The fraction of sp³-hybridized carbons (Fsp3) is 0.296. The Morgan fingerprint density at radius 3 is 2.74 bits per heavy atom. The second kappa shape index (κ2) is 9.92. The lowest BCUT2D eigenvalue weighted by atomic mass is 10.0. The van der Waals surface area contributed by atoms with Crippen LogP contribution in [0.5, 0.6) is 5.75 Å². The summed E-state index contributed by atoms with van der Waals surface area (Å²) in [5.41, 5.74) is 3.76. The maximum atomic E-state index is 13.2. The Bertz CT molecular complexity index is 1280. The third-order valence-corrected chi connectivity index (χ3v) is 7.38. The molecule has 1 saturated carbocycles. The molecule has 5 rings (SSSR count). The van der Waals surface area contributed by atoms with Gasteiger partial charge in [-0.05, 0) is 73.0 Å². The predicted octanol–water partition coefficient (Wildman–Crippen LogP) is 4.62. The van der Waals surface area contributed by atoms with Crippen LogP contribution in [-0.2, 0) is 22.6 Å². The highest BCUT2D eigenvalue weighted by Gasteiger charge is 2.29. The van der Waals surface area contributed by atoms with Crippen LogP contribution in [-0.4, -0.2) is 35.8 Å². The van der Waals surface area contributed by atoms with Gasteiger partial charge in [0.1, 0.15) is 5.75 Å². The largest absolute Gasteiger partial charge is 0.484 e. The first-order chi connectivity index (χ1) is 17.0. The van der Waals surface area contributed by atoms with Crippen molar-refractivity contribution in [1.82, 2.24) is 4.90 Å². The highest BCUT2D eigenvalue weighted by molar-refractivity contribution is 7.10. The zero-order valence-electron chi connectivity index (χ0n) is 19.5. The molecule has 8 heteroatoms. The zero-order chi connectivity index (χ0) is 24.4. The molecule has 0 atom stereocenters. The lowest BCUT2D eigenvalue weighted by Crippen LogP contribution is -2.35. The standard InChI is InChI=1S/C27H27N3O4S/c1-17-22(27(33)30-12-10-24-19(15-30)11-13-35-24)6-3-7-23(17)29-25(31)16-34-21-5-2-4-20(14-21)28-26(32)18-8-9-18/h2-7,11,13-14,18H,8-10,12,15-16H2,1H3,(H,28,32)(H,29,31). The van der Waals surface area contributed by atoms with Gasteiger partial charge in [0.05, 0.1) is 0 Å². The van der Waals surface area contributed by atoms with Gasteiger partial charge in [-0.3, -0.25) is 14.4 Å². The van der Waals surface area contributed by atoms with E-state index >= 15 is 0 Å². The number of fused-ring (bicyclic) bond motifs is 1. The minimum absolute atomic E-state index is 0.0186. The van der Waals surface area contributed by atoms with Crippen LogP contribution in [0.4, 0.5) is 11.4 Å². The van der Waals surface area contributed by atoms with Gasteiger partial charge in [-0.2, -0.15) is 0 Å². The van der Waals surface area contributed by atoms with Crippen molar-refractivity contribution in [3.63, 3.8) is 0 Å². The normalized spacial score (nSPS) is 14.7. The molecule has 180 valence electrons. The van der Waals surface area contributed by atoms with Crippen molar-refractivity contribution < 1.29 is 19.1 Å². The second-order valence-corrected chi connectivity index (χ2v) is 9.95. The topological polar surface area (TPSA) is 87.7 Å². The SMILES string of the molecule is Cc1c(NC(=O)COc2cccc(NC(=O)C3CC3)c2)cccc1C(=O)N1CCc2sccc2C1. The quantitative estimate of drug-likeness (QED) is 0.507. The van der Waals surface area contributed by atoms with E-state index in [2.05, 4.69) is 22.1 Å². The number of nitrogens with one attached hydrogen (secondary N) is 2. The van der Waals surface area contributed by atoms with Gasteiger partial charge < -0.3 is 20.3 Å². The number of benzene rings is 2. The molecule has 0 saturated heterocycles. The summed E-state index contributed by atoms with van der Waals surface area (Å²) >= 11 is 1.74. The Hall–Kier alpha value is -3.65. The maximum Gasteiger partial charge on any atom is 0.262 e. The molecular weight excluding hydrogens is 462 g/mol. The monoisotopic (exact) mass is 489 g/mol. The van der Waals surface area contributed by atoms with Crippen molar-refractivity contribution in [2.24, 2.45) is 5.92 Å². The van der Waals surface area contributed by atoms with Crippen LogP contribution >= 0.6 is 11.3 Å². The number of rotatable bonds is 7. The number of ether oxygens (including phenoxy) is 1. The maximum absolute atomic E-state index is 13.2.